The van der Waals surface area contributed by atoms with E-state index in [1.807, 2.05) is 20.8 Å². The number of aryl methyl sites for hydroxylation is 1. The van der Waals surface area contributed by atoms with E-state index < -0.39 is 0 Å². The lowest BCUT2D eigenvalue weighted by Gasteiger charge is -2.18. The third kappa shape index (κ3) is 4.09. The van der Waals surface area contributed by atoms with Crippen molar-refractivity contribution in [3.05, 3.63) is 20.3 Å². The van der Waals surface area contributed by atoms with E-state index in [1.54, 1.807) is 11.3 Å². The molecule has 0 amide bonds. The second-order valence-electron chi connectivity index (χ2n) is 4.15. The highest BCUT2D eigenvalue weighted by Crippen LogP contribution is 2.26. The maximum atomic E-state index is 5.42. The molecule has 1 aromatic heterocycles. The van der Waals surface area contributed by atoms with Gasteiger partial charge in [0.15, 0.2) is 0 Å². The van der Waals surface area contributed by atoms with E-state index in [2.05, 4.69) is 34.4 Å². The summed E-state index contributed by atoms with van der Waals surface area (Å²) in [5.41, 5.74) is 2.84. The average molecular weight is 278 g/mol. The number of hydrogen-bond donors (Lipinski definition) is 1. The number of hydrogen-bond acceptors (Lipinski definition) is 3. The molecule has 0 aromatic carbocycles. The fourth-order valence-electron chi connectivity index (χ4n) is 0.929. The second kappa shape index (κ2) is 4.75. The molecule has 1 rings (SSSR count). The van der Waals surface area contributed by atoms with Crippen molar-refractivity contribution in [2.24, 2.45) is 0 Å². The summed E-state index contributed by atoms with van der Waals surface area (Å²) < 4.78 is 1.18. The molecule has 0 spiro atoms. The molecule has 0 aliphatic heterocycles. The van der Waals surface area contributed by atoms with Gasteiger partial charge in [0.1, 0.15) is 0 Å². The SMILES string of the molecule is Cc1sc(CNOC(C)(C)C)cc1Br. The van der Waals surface area contributed by atoms with Crippen molar-refractivity contribution in [1.82, 2.24) is 5.48 Å². The van der Waals surface area contributed by atoms with E-state index in [0.717, 1.165) is 6.54 Å². The largest absolute Gasteiger partial charge is 0.296 e. The Labute approximate surface area is 97.7 Å². The van der Waals surface area contributed by atoms with Crippen molar-refractivity contribution >= 4 is 27.3 Å². The molecule has 1 aromatic rings. The van der Waals surface area contributed by atoms with Crippen LogP contribution in [0.5, 0.6) is 0 Å². The molecule has 80 valence electrons. The lowest BCUT2D eigenvalue weighted by Crippen LogP contribution is -2.28. The van der Waals surface area contributed by atoms with Crippen LogP contribution in [0.4, 0.5) is 0 Å². The molecule has 0 unspecified atom stereocenters. The second-order valence-corrected chi connectivity index (χ2v) is 6.35. The first-order chi connectivity index (χ1) is 6.38. The van der Waals surface area contributed by atoms with Gasteiger partial charge in [-0.1, -0.05) is 0 Å². The van der Waals surface area contributed by atoms with Gasteiger partial charge in [0.2, 0.25) is 0 Å². The van der Waals surface area contributed by atoms with Crippen molar-refractivity contribution in [1.29, 1.82) is 0 Å². The van der Waals surface area contributed by atoms with Gasteiger partial charge in [-0.25, -0.2) is 0 Å². The molecule has 2 nitrogen and oxygen atoms in total. The maximum Gasteiger partial charge on any atom is 0.0813 e. The Balaban J connectivity index is 2.39. The van der Waals surface area contributed by atoms with Crippen LogP contribution in [0.15, 0.2) is 10.5 Å². The summed E-state index contributed by atoms with van der Waals surface area (Å²) in [6.07, 6.45) is 0. The van der Waals surface area contributed by atoms with Gasteiger partial charge < -0.3 is 0 Å². The monoisotopic (exact) mass is 277 g/mol. The molecule has 1 heterocycles. The van der Waals surface area contributed by atoms with Gasteiger partial charge in [0.25, 0.3) is 0 Å². The molecule has 0 fully saturated rings. The number of nitrogens with one attached hydrogen (secondary N) is 1. The summed E-state index contributed by atoms with van der Waals surface area (Å²) in [7, 11) is 0. The molecular weight excluding hydrogens is 262 g/mol. The summed E-state index contributed by atoms with van der Waals surface area (Å²) in [6.45, 7) is 8.93. The molecule has 0 radical (unpaired) electrons. The Hall–Kier alpha value is 0.100. The highest BCUT2D eigenvalue weighted by molar-refractivity contribution is 9.10. The van der Waals surface area contributed by atoms with Crippen LogP contribution in [0.25, 0.3) is 0 Å². The van der Waals surface area contributed by atoms with Crippen molar-refractivity contribution in [2.45, 2.75) is 39.8 Å². The predicted octanol–water partition coefficient (Wildman–Crippen LogP) is 3.64. The van der Waals surface area contributed by atoms with Gasteiger partial charge in [-0.3, -0.25) is 4.84 Å². The number of halogens is 1. The van der Waals surface area contributed by atoms with Crippen LogP contribution < -0.4 is 5.48 Å². The fourth-order valence-corrected chi connectivity index (χ4v) is 2.46. The first-order valence-electron chi connectivity index (χ1n) is 4.54. The smallest absolute Gasteiger partial charge is 0.0813 e. The summed E-state index contributed by atoms with van der Waals surface area (Å²) in [5.74, 6) is 0. The zero-order valence-electron chi connectivity index (χ0n) is 8.98. The zero-order valence-corrected chi connectivity index (χ0v) is 11.4. The van der Waals surface area contributed by atoms with Gasteiger partial charge in [0.05, 0.1) is 12.1 Å². The van der Waals surface area contributed by atoms with Gasteiger partial charge in [-0.2, -0.15) is 5.48 Å². The third-order valence-corrected chi connectivity index (χ3v) is 3.67. The summed E-state index contributed by atoms with van der Waals surface area (Å²) in [4.78, 5) is 8.00. The molecule has 0 bridgehead atoms. The number of hydroxylamine groups is 1. The minimum absolute atomic E-state index is 0.135. The zero-order chi connectivity index (χ0) is 10.8. The number of thiophene rings is 1. The van der Waals surface area contributed by atoms with Crippen molar-refractivity contribution in [3.63, 3.8) is 0 Å². The molecule has 0 aliphatic rings. The van der Waals surface area contributed by atoms with Crippen LogP contribution >= 0.6 is 27.3 Å². The van der Waals surface area contributed by atoms with Crippen LogP contribution in [-0.2, 0) is 11.4 Å². The van der Waals surface area contributed by atoms with Gasteiger partial charge in [-0.05, 0) is 49.7 Å². The standard InChI is InChI=1S/C10H16BrNOS/c1-7-9(11)5-8(14-7)6-12-13-10(2,3)4/h5,12H,6H2,1-4H3. The fraction of sp³-hybridized carbons (Fsp3) is 0.600. The van der Waals surface area contributed by atoms with Crippen molar-refractivity contribution < 1.29 is 4.84 Å². The van der Waals surface area contributed by atoms with Crippen molar-refractivity contribution in [3.8, 4) is 0 Å². The quantitative estimate of drug-likeness (QED) is 0.852. The van der Waals surface area contributed by atoms with E-state index in [9.17, 15) is 0 Å². The highest BCUT2D eigenvalue weighted by Gasteiger charge is 2.10. The third-order valence-electron chi connectivity index (χ3n) is 1.53. The van der Waals surface area contributed by atoms with Crippen LogP contribution in [-0.4, -0.2) is 5.60 Å². The summed E-state index contributed by atoms with van der Waals surface area (Å²) in [6, 6.07) is 2.12. The molecule has 4 heteroatoms. The minimum Gasteiger partial charge on any atom is -0.296 e. The lowest BCUT2D eigenvalue weighted by atomic mass is 10.2. The molecule has 1 N–H and O–H groups in total. The Kier molecular flexibility index (Phi) is 4.13. The van der Waals surface area contributed by atoms with Gasteiger partial charge in [-0.15, -0.1) is 11.3 Å². The highest BCUT2D eigenvalue weighted by atomic mass is 79.9. The van der Waals surface area contributed by atoms with Gasteiger partial charge >= 0.3 is 0 Å². The Morgan fingerprint density at radius 1 is 1.50 bits per heavy atom. The molecule has 0 saturated carbocycles. The van der Waals surface area contributed by atoms with Crippen LogP contribution in [0.3, 0.4) is 0 Å². The van der Waals surface area contributed by atoms with E-state index in [4.69, 9.17) is 4.84 Å². The van der Waals surface area contributed by atoms with E-state index >= 15 is 0 Å². The maximum absolute atomic E-state index is 5.42. The normalized spacial score (nSPS) is 12.1. The molecule has 0 aliphatic carbocycles. The van der Waals surface area contributed by atoms with E-state index in [0.29, 0.717) is 0 Å². The molecule has 14 heavy (non-hydrogen) atoms. The Morgan fingerprint density at radius 3 is 2.57 bits per heavy atom. The first kappa shape index (κ1) is 12.2. The Bertz CT molecular complexity index is 284. The van der Waals surface area contributed by atoms with Crippen molar-refractivity contribution in [2.75, 3.05) is 0 Å². The summed E-state index contributed by atoms with van der Waals surface area (Å²) >= 11 is 5.26. The minimum atomic E-state index is -0.135. The predicted molar refractivity (Wildman–Crippen MR) is 64.4 cm³/mol. The Morgan fingerprint density at radius 2 is 2.14 bits per heavy atom. The van der Waals surface area contributed by atoms with E-state index in [-0.39, 0.29) is 5.60 Å². The lowest BCUT2D eigenvalue weighted by molar-refractivity contribution is -0.0754. The average Bonchev–Trinajstić information content (AvgIpc) is 2.28. The van der Waals surface area contributed by atoms with Crippen LogP contribution in [0.1, 0.15) is 30.5 Å². The summed E-state index contributed by atoms with van der Waals surface area (Å²) in [5, 5.41) is 0. The van der Waals surface area contributed by atoms with E-state index in [1.165, 1.54) is 14.2 Å². The first-order valence-corrected chi connectivity index (χ1v) is 6.15. The van der Waals surface area contributed by atoms with Gasteiger partial charge in [0, 0.05) is 14.2 Å². The number of rotatable bonds is 3. The molecule has 0 saturated heterocycles. The van der Waals surface area contributed by atoms with Crippen LogP contribution in [0, 0.1) is 6.92 Å². The molecule has 0 atom stereocenters. The van der Waals surface area contributed by atoms with Crippen LogP contribution in [0.2, 0.25) is 0 Å². The topological polar surface area (TPSA) is 21.3 Å². The molecular formula is C10H16BrNOS.